The molecule has 0 spiro atoms. The first-order valence-electron chi connectivity index (χ1n) is 7.31. The molecule has 0 N–H and O–H groups in total. The van der Waals surface area contributed by atoms with Crippen LogP contribution in [0.15, 0.2) is 12.1 Å². The number of aryl methyl sites for hydroxylation is 1. The van der Waals surface area contributed by atoms with Gasteiger partial charge in [0.25, 0.3) is 0 Å². The Labute approximate surface area is 114 Å². The molecule has 0 saturated heterocycles. The largest absolute Gasteiger partial charge is 0.449 e. The number of nitrogens with zero attached hydrogens (tertiary/aromatic N) is 1. The second kappa shape index (κ2) is 4.87. The van der Waals surface area contributed by atoms with Crippen molar-refractivity contribution < 1.29 is 9.53 Å². The van der Waals surface area contributed by atoms with Crippen molar-refractivity contribution in [3.8, 4) is 0 Å². The molecule has 3 nitrogen and oxygen atoms in total. The van der Waals surface area contributed by atoms with E-state index in [4.69, 9.17) is 4.74 Å². The Morgan fingerprint density at radius 2 is 2.26 bits per heavy atom. The van der Waals surface area contributed by atoms with Gasteiger partial charge in [-0.25, -0.2) is 4.79 Å². The average molecular weight is 259 g/mol. The summed E-state index contributed by atoms with van der Waals surface area (Å²) in [6, 6.07) is 4.32. The molecule has 1 aliphatic carbocycles. The van der Waals surface area contributed by atoms with Crippen molar-refractivity contribution in [2.45, 2.75) is 45.4 Å². The Hall–Kier alpha value is -1.51. The van der Waals surface area contributed by atoms with E-state index in [1.54, 1.807) is 0 Å². The van der Waals surface area contributed by atoms with Crippen molar-refractivity contribution in [2.75, 3.05) is 18.1 Å². The number of anilines is 1. The van der Waals surface area contributed by atoms with Gasteiger partial charge in [0, 0.05) is 6.54 Å². The second-order valence-corrected chi connectivity index (χ2v) is 5.53. The smallest absolute Gasteiger partial charge is 0.414 e. The minimum Gasteiger partial charge on any atom is -0.449 e. The molecule has 19 heavy (non-hydrogen) atoms. The maximum absolute atomic E-state index is 12.0. The van der Waals surface area contributed by atoms with E-state index >= 15 is 0 Å². The molecule has 0 fully saturated rings. The number of hydrogen-bond donors (Lipinski definition) is 0. The van der Waals surface area contributed by atoms with E-state index in [1.807, 2.05) is 11.8 Å². The zero-order valence-corrected chi connectivity index (χ0v) is 11.7. The topological polar surface area (TPSA) is 29.5 Å². The van der Waals surface area contributed by atoms with Crippen LogP contribution >= 0.6 is 0 Å². The highest BCUT2D eigenvalue weighted by molar-refractivity contribution is 5.89. The predicted molar refractivity (Wildman–Crippen MR) is 75.9 cm³/mol. The van der Waals surface area contributed by atoms with E-state index < -0.39 is 0 Å². The van der Waals surface area contributed by atoms with E-state index in [0.717, 1.165) is 25.1 Å². The maximum atomic E-state index is 12.0. The number of benzene rings is 1. The first-order valence-corrected chi connectivity index (χ1v) is 7.31. The van der Waals surface area contributed by atoms with Crippen LogP contribution in [0, 0.1) is 0 Å². The highest BCUT2D eigenvalue weighted by Gasteiger charge is 2.30. The Bertz CT molecular complexity index is 510. The lowest BCUT2D eigenvalue weighted by molar-refractivity contribution is 0.159. The Morgan fingerprint density at radius 1 is 1.42 bits per heavy atom. The lowest BCUT2D eigenvalue weighted by Crippen LogP contribution is -2.36. The van der Waals surface area contributed by atoms with Crippen LogP contribution in [-0.4, -0.2) is 19.2 Å². The number of fused-ring (bicyclic) bond motifs is 3. The van der Waals surface area contributed by atoms with Crippen LogP contribution in [-0.2, 0) is 17.6 Å². The normalized spacial score (nSPS) is 20.9. The summed E-state index contributed by atoms with van der Waals surface area (Å²) in [5, 5.41) is 0. The van der Waals surface area contributed by atoms with Gasteiger partial charge in [0.15, 0.2) is 0 Å². The fourth-order valence-corrected chi connectivity index (χ4v) is 3.49. The molecule has 1 amide bonds. The van der Waals surface area contributed by atoms with Crippen molar-refractivity contribution in [1.82, 2.24) is 0 Å². The first kappa shape index (κ1) is 12.5. The monoisotopic (exact) mass is 259 g/mol. The minimum atomic E-state index is -0.200. The third-order valence-corrected chi connectivity index (χ3v) is 4.35. The molecule has 1 aliphatic heterocycles. The second-order valence-electron chi connectivity index (χ2n) is 5.53. The van der Waals surface area contributed by atoms with Gasteiger partial charge in [0.2, 0.25) is 0 Å². The van der Waals surface area contributed by atoms with Crippen molar-refractivity contribution in [3.05, 3.63) is 28.8 Å². The van der Waals surface area contributed by atoms with Crippen LogP contribution < -0.4 is 4.90 Å². The van der Waals surface area contributed by atoms with Crippen molar-refractivity contribution >= 4 is 11.8 Å². The summed E-state index contributed by atoms with van der Waals surface area (Å²) in [7, 11) is 0. The molecule has 3 heteroatoms. The standard InChI is InChI=1S/C16H21NO2/c1-3-19-16(18)17-10-4-5-13-14(17)9-8-12-7-6-11(2)15(12)13/h8-9,11H,3-7,10H2,1-2H3. The fraction of sp³-hybridized carbons (Fsp3) is 0.562. The summed E-state index contributed by atoms with van der Waals surface area (Å²) < 4.78 is 5.17. The molecule has 0 bridgehead atoms. The van der Waals surface area contributed by atoms with Gasteiger partial charge in [-0.05, 0) is 61.3 Å². The molecule has 1 unspecified atom stereocenters. The van der Waals surface area contributed by atoms with E-state index in [0.29, 0.717) is 12.5 Å². The highest BCUT2D eigenvalue weighted by Crippen LogP contribution is 2.41. The van der Waals surface area contributed by atoms with Gasteiger partial charge >= 0.3 is 6.09 Å². The maximum Gasteiger partial charge on any atom is 0.414 e. The molecule has 1 aromatic rings. The number of carbonyl (C=O) groups excluding carboxylic acids is 1. The third-order valence-electron chi connectivity index (χ3n) is 4.35. The summed E-state index contributed by atoms with van der Waals surface area (Å²) in [6.07, 6.45) is 4.36. The van der Waals surface area contributed by atoms with Crippen LogP contribution in [0.5, 0.6) is 0 Å². The minimum absolute atomic E-state index is 0.200. The number of carbonyl (C=O) groups is 1. The molecule has 0 radical (unpaired) electrons. The quantitative estimate of drug-likeness (QED) is 0.770. The number of rotatable bonds is 1. The summed E-state index contributed by atoms with van der Waals surface area (Å²) in [4.78, 5) is 13.9. The summed E-state index contributed by atoms with van der Waals surface area (Å²) in [6.45, 7) is 5.37. The molecular formula is C16H21NO2. The van der Waals surface area contributed by atoms with Gasteiger partial charge in [-0.15, -0.1) is 0 Å². The van der Waals surface area contributed by atoms with Crippen LogP contribution in [0.3, 0.4) is 0 Å². The SMILES string of the molecule is CCOC(=O)N1CCCc2c1ccc1c2C(C)CC1. The van der Waals surface area contributed by atoms with E-state index in [2.05, 4.69) is 19.1 Å². The molecule has 102 valence electrons. The summed E-state index contributed by atoms with van der Waals surface area (Å²) >= 11 is 0. The lowest BCUT2D eigenvalue weighted by Gasteiger charge is -2.31. The predicted octanol–water partition coefficient (Wildman–Crippen LogP) is 3.65. The molecular weight excluding hydrogens is 238 g/mol. The van der Waals surface area contributed by atoms with Gasteiger partial charge in [-0.1, -0.05) is 13.0 Å². The van der Waals surface area contributed by atoms with Crippen molar-refractivity contribution in [3.63, 3.8) is 0 Å². The molecule has 0 saturated carbocycles. The average Bonchev–Trinajstić information content (AvgIpc) is 2.80. The van der Waals surface area contributed by atoms with E-state index in [9.17, 15) is 4.79 Å². The van der Waals surface area contributed by atoms with Gasteiger partial charge in [-0.2, -0.15) is 0 Å². The van der Waals surface area contributed by atoms with Gasteiger partial charge in [0.1, 0.15) is 0 Å². The summed E-state index contributed by atoms with van der Waals surface area (Å²) in [5.74, 6) is 0.632. The molecule has 1 aromatic carbocycles. The first-order chi connectivity index (χ1) is 9.22. The highest BCUT2D eigenvalue weighted by atomic mass is 16.6. The summed E-state index contributed by atoms with van der Waals surface area (Å²) in [5.41, 5.74) is 5.46. The van der Waals surface area contributed by atoms with Crippen LogP contribution in [0.4, 0.5) is 10.5 Å². The third kappa shape index (κ3) is 2.01. The number of ether oxygens (including phenoxy) is 1. The Balaban J connectivity index is 2.02. The number of hydrogen-bond acceptors (Lipinski definition) is 2. The van der Waals surface area contributed by atoms with E-state index in [-0.39, 0.29) is 6.09 Å². The van der Waals surface area contributed by atoms with Crippen LogP contribution in [0.25, 0.3) is 0 Å². The van der Waals surface area contributed by atoms with Gasteiger partial charge < -0.3 is 4.74 Å². The van der Waals surface area contributed by atoms with Crippen LogP contribution in [0.1, 0.15) is 49.3 Å². The van der Waals surface area contributed by atoms with Crippen molar-refractivity contribution in [1.29, 1.82) is 0 Å². The van der Waals surface area contributed by atoms with Gasteiger partial charge in [0.05, 0.1) is 12.3 Å². The van der Waals surface area contributed by atoms with E-state index in [1.165, 1.54) is 29.5 Å². The lowest BCUT2D eigenvalue weighted by atomic mass is 9.90. The molecule has 2 aliphatic rings. The zero-order chi connectivity index (χ0) is 13.4. The fourth-order valence-electron chi connectivity index (χ4n) is 3.49. The Morgan fingerprint density at radius 3 is 3.05 bits per heavy atom. The van der Waals surface area contributed by atoms with Gasteiger partial charge in [-0.3, -0.25) is 4.90 Å². The Kier molecular flexibility index (Phi) is 3.21. The van der Waals surface area contributed by atoms with Crippen molar-refractivity contribution in [2.24, 2.45) is 0 Å². The number of amides is 1. The zero-order valence-electron chi connectivity index (χ0n) is 11.7. The molecule has 1 heterocycles. The molecule has 3 rings (SSSR count). The van der Waals surface area contributed by atoms with Crippen LogP contribution in [0.2, 0.25) is 0 Å². The molecule has 1 atom stereocenters. The molecule has 0 aromatic heterocycles.